The van der Waals surface area contributed by atoms with E-state index < -0.39 is 0 Å². The fourth-order valence-corrected chi connectivity index (χ4v) is 3.26. The zero-order chi connectivity index (χ0) is 17.8. The molecule has 25 heavy (non-hydrogen) atoms. The fraction of sp³-hybridized carbons (Fsp3) is 0.238. The highest BCUT2D eigenvalue weighted by molar-refractivity contribution is 5.91. The third-order valence-corrected chi connectivity index (χ3v) is 4.52. The standard InChI is InChI=1S/C21H22O4/c1-24-20-10-16-9-15(8-14-6-4-3-5-7-14)18(12-22)19(13-23)17(16)11-21(20)25-2/h3-7,9-11,22-23H,8,12-13H2,1-2H3. The summed E-state index contributed by atoms with van der Waals surface area (Å²) >= 11 is 0. The van der Waals surface area contributed by atoms with Crippen LogP contribution in [0.2, 0.25) is 0 Å². The van der Waals surface area contributed by atoms with Crippen molar-refractivity contribution in [1.82, 2.24) is 0 Å². The molecule has 0 fully saturated rings. The van der Waals surface area contributed by atoms with E-state index in [2.05, 4.69) is 18.2 Å². The van der Waals surface area contributed by atoms with Crippen LogP contribution in [0.3, 0.4) is 0 Å². The summed E-state index contributed by atoms with van der Waals surface area (Å²) in [5.74, 6) is 1.24. The molecule has 0 saturated carbocycles. The SMILES string of the molecule is COc1cc2cc(Cc3ccccc3)c(CO)c(CO)c2cc1OC. The minimum atomic E-state index is -0.148. The minimum Gasteiger partial charge on any atom is -0.493 e. The van der Waals surface area contributed by atoms with Crippen molar-refractivity contribution in [3.63, 3.8) is 0 Å². The molecule has 0 radical (unpaired) electrons. The van der Waals surface area contributed by atoms with E-state index in [9.17, 15) is 10.2 Å². The van der Waals surface area contributed by atoms with Crippen molar-refractivity contribution in [2.45, 2.75) is 19.6 Å². The van der Waals surface area contributed by atoms with Gasteiger partial charge in [-0.15, -0.1) is 0 Å². The smallest absolute Gasteiger partial charge is 0.161 e. The molecule has 0 spiro atoms. The van der Waals surface area contributed by atoms with Crippen molar-refractivity contribution in [2.75, 3.05) is 14.2 Å². The van der Waals surface area contributed by atoms with Gasteiger partial charge < -0.3 is 19.7 Å². The van der Waals surface area contributed by atoms with Crippen LogP contribution in [-0.4, -0.2) is 24.4 Å². The maximum absolute atomic E-state index is 9.95. The number of aliphatic hydroxyl groups is 2. The molecule has 4 heteroatoms. The van der Waals surface area contributed by atoms with Crippen molar-refractivity contribution < 1.29 is 19.7 Å². The first kappa shape index (κ1) is 17.3. The van der Waals surface area contributed by atoms with E-state index in [-0.39, 0.29) is 13.2 Å². The Bertz CT molecular complexity index is 872. The summed E-state index contributed by atoms with van der Waals surface area (Å²) in [4.78, 5) is 0. The average Bonchev–Trinajstić information content (AvgIpc) is 2.66. The van der Waals surface area contributed by atoms with Gasteiger partial charge >= 0.3 is 0 Å². The van der Waals surface area contributed by atoms with E-state index in [4.69, 9.17) is 9.47 Å². The Kier molecular flexibility index (Phi) is 5.22. The van der Waals surface area contributed by atoms with Gasteiger partial charge in [-0.05, 0) is 51.6 Å². The Hall–Kier alpha value is -2.56. The first-order chi connectivity index (χ1) is 12.2. The van der Waals surface area contributed by atoms with Gasteiger partial charge in [-0.25, -0.2) is 0 Å². The predicted octanol–water partition coefficient (Wildman–Crippen LogP) is 3.43. The zero-order valence-electron chi connectivity index (χ0n) is 14.5. The highest BCUT2D eigenvalue weighted by Gasteiger charge is 2.16. The Morgan fingerprint density at radius 2 is 1.44 bits per heavy atom. The second-order valence-corrected chi connectivity index (χ2v) is 5.90. The van der Waals surface area contributed by atoms with E-state index in [1.165, 1.54) is 0 Å². The molecule has 2 N–H and O–H groups in total. The quantitative estimate of drug-likeness (QED) is 0.723. The Balaban J connectivity index is 2.23. The largest absolute Gasteiger partial charge is 0.493 e. The molecule has 0 aliphatic rings. The molecule has 3 rings (SSSR count). The lowest BCUT2D eigenvalue weighted by Gasteiger charge is -2.17. The normalized spacial score (nSPS) is 10.9. The van der Waals surface area contributed by atoms with Gasteiger partial charge in [0.25, 0.3) is 0 Å². The Labute approximate surface area is 147 Å². The summed E-state index contributed by atoms with van der Waals surface area (Å²) in [5.41, 5.74) is 3.65. The first-order valence-electron chi connectivity index (χ1n) is 8.16. The zero-order valence-corrected chi connectivity index (χ0v) is 14.5. The van der Waals surface area contributed by atoms with E-state index in [0.29, 0.717) is 17.9 Å². The van der Waals surface area contributed by atoms with Crippen LogP contribution in [0.5, 0.6) is 11.5 Å². The Morgan fingerprint density at radius 3 is 2.04 bits per heavy atom. The average molecular weight is 338 g/mol. The van der Waals surface area contributed by atoms with Crippen LogP contribution in [0.25, 0.3) is 10.8 Å². The summed E-state index contributed by atoms with van der Waals surface area (Å²) in [5, 5.41) is 21.7. The second kappa shape index (κ2) is 7.55. The lowest BCUT2D eigenvalue weighted by molar-refractivity contribution is 0.260. The topological polar surface area (TPSA) is 58.9 Å². The van der Waals surface area contributed by atoms with Gasteiger partial charge in [-0.3, -0.25) is 0 Å². The third-order valence-electron chi connectivity index (χ3n) is 4.52. The summed E-state index contributed by atoms with van der Waals surface area (Å²) in [7, 11) is 3.18. The van der Waals surface area contributed by atoms with Gasteiger partial charge in [0, 0.05) is 0 Å². The Morgan fingerprint density at radius 1 is 0.800 bits per heavy atom. The molecule has 0 heterocycles. The van der Waals surface area contributed by atoms with Crippen LogP contribution in [0.1, 0.15) is 22.3 Å². The van der Waals surface area contributed by atoms with Crippen LogP contribution in [0.4, 0.5) is 0 Å². The van der Waals surface area contributed by atoms with Crippen LogP contribution in [-0.2, 0) is 19.6 Å². The molecule has 0 unspecified atom stereocenters. The monoisotopic (exact) mass is 338 g/mol. The number of aliphatic hydroxyl groups excluding tert-OH is 2. The highest BCUT2D eigenvalue weighted by Crippen LogP contribution is 2.36. The number of fused-ring (bicyclic) bond motifs is 1. The van der Waals surface area contributed by atoms with Gasteiger partial charge in [0.05, 0.1) is 27.4 Å². The summed E-state index contributed by atoms with van der Waals surface area (Å²) in [6, 6.07) is 15.9. The molecule has 4 nitrogen and oxygen atoms in total. The summed E-state index contributed by atoms with van der Waals surface area (Å²) in [6.07, 6.45) is 0.689. The molecule has 0 aliphatic heterocycles. The predicted molar refractivity (Wildman–Crippen MR) is 98.1 cm³/mol. The highest BCUT2D eigenvalue weighted by atomic mass is 16.5. The van der Waals surface area contributed by atoms with Crippen molar-refractivity contribution >= 4 is 10.8 Å². The van der Waals surface area contributed by atoms with E-state index in [0.717, 1.165) is 33.0 Å². The minimum absolute atomic E-state index is 0.123. The fourth-order valence-electron chi connectivity index (χ4n) is 3.26. The van der Waals surface area contributed by atoms with E-state index in [1.54, 1.807) is 14.2 Å². The van der Waals surface area contributed by atoms with E-state index in [1.807, 2.05) is 30.3 Å². The van der Waals surface area contributed by atoms with Crippen molar-refractivity contribution in [1.29, 1.82) is 0 Å². The van der Waals surface area contributed by atoms with Crippen LogP contribution >= 0.6 is 0 Å². The van der Waals surface area contributed by atoms with Gasteiger partial charge in [0.2, 0.25) is 0 Å². The van der Waals surface area contributed by atoms with Crippen LogP contribution < -0.4 is 9.47 Å². The molecule has 0 bridgehead atoms. The number of hydrogen-bond acceptors (Lipinski definition) is 4. The van der Waals surface area contributed by atoms with Gasteiger partial charge in [0.1, 0.15) is 0 Å². The number of hydrogen-bond donors (Lipinski definition) is 2. The lowest BCUT2D eigenvalue weighted by atomic mass is 9.91. The molecule has 0 atom stereocenters. The van der Waals surface area contributed by atoms with Gasteiger partial charge in [-0.1, -0.05) is 36.4 Å². The molecule has 0 saturated heterocycles. The van der Waals surface area contributed by atoms with Crippen molar-refractivity contribution in [2.24, 2.45) is 0 Å². The number of rotatable bonds is 6. The third kappa shape index (κ3) is 3.31. The van der Waals surface area contributed by atoms with Crippen LogP contribution in [0, 0.1) is 0 Å². The summed E-state index contributed by atoms with van der Waals surface area (Å²) < 4.78 is 10.8. The molecule has 0 aromatic heterocycles. The van der Waals surface area contributed by atoms with Gasteiger partial charge in [-0.2, -0.15) is 0 Å². The molecule has 130 valence electrons. The van der Waals surface area contributed by atoms with Gasteiger partial charge in [0.15, 0.2) is 11.5 Å². The molecule has 3 aromatic rings. The number of benzene rings is 3. The van der Waals surface area contributed by atoms with E-state index >= 15 is 0 Å². The van der Waals surface area contributed by atoms with Crippen LogP contribution in [0.15, 0.2) is 48.5 Å². The number of ether oxygens (including phenoxy) is 2. The summed E-state index contributed by atoms with van der Waals surface area (Å²) in [6.45, 7) is -0.271. The number of methoxy groups -OCH3 is 2. The van der Waals surface area contributed by atoms with Crippen molar-refractivity contribution in [3.05, 3.63) is 70.8 Å². The second-order valence-electron chi connectivity index (χ2n) is 5.90. The molecule has 0 aliphatic carbocycles. The maximum Gasteiger partial charge on any atom is 0.161 e. The van der Waals surface area contributed by atoms with Crippen molar-refractivity contribution in [3.8, 4) is 11.5 Å². The molecular formula is C21H22O4. The molecule has 3 aromatic carbocycles. The molecular weight excluding hydrogens is 316 g/mol. The molecule has 0 amide bonds. The lowest BCUT2D eigenvalue weighted by Crippen LogP contribution is -2.03. The maximum atomic E-state index is 9.95. The first-order valence-corrected chi connectivity index (χ1v) is 8.16.